The highest BCUT2D eigenvalue weighted by Gasteiger charge is 2.46. The SMILES string of the molecule is CCOC(CNC(=O)CC1=C(C)NC(CC2(C)C(=O)Nc3ccc(F)cc32)C1C)C(=O)N(C)C. The maximum absolute atomic E-state index is 13.9. The predicted octanol–water partition coefficient (Wildman–Crippen LogP) is 2.31. The fourth-order valence-corrected chi connectivity index (χ4v) is 4.86. The van der Waals surface area contributed by atoms with Gasteiger partial charge < -0.3 is 25.6 Å². The van der Waals surface area contributed by atoms with E-state index in [0.717, 1.165) is 11.3 Å². The molecule has 8 nitrogen and oxygen atoms in total. The van der Waals surface area contributed by atoms with Gasteiger partial charge in [-0.1, -0.05) is 6.92 Å². The molecule has 0 radical (unpaired) electrons. The molecule has 0 spiro atoms. The molecule has 1 aromatic carbocycles. The third-order valence-electron chi connectivity index (χ3n) is 6.91. The van der Waals surface area contributed by atoms with Gasteiger partial charge in [-0.25, -0.2) is 4.39 Å². The summed E-state index contributed by atoms with van der Waals surface area (Å²) in [5, 5.41) is 9.11. The topological polar surface area (TPSA) is 99.8 Å². The molecule has 9 heteroatoms. The van der Waals surface area contributed by atoms with Crippen molar-refractivity contribution in [3.8, 4) is 0 Å². The van der Waals surface area contributed by atoms with Crippen molar-refractivity contribution in [2.24, 2.45) is 5.92 Å². The minimum atomic E-state index is -0.876. The number of halogens is 1. The van der Waals surface area contributed by atoms with Crippen LogP contribution in [0, 0.1) is 11.7 Å². The fraction of sp³-hybridized carbons (Fsp3) is 0.560. The van der Waals surface area contributed by atoms with Crippen molar-refractivity contribution >= 4 is 23.4 Å². The maximum Gasteiger partial charge on any atom is 0.253 e. The molecule has 2 aliphatic heterocycles. The van der Waals surface area contributed by atoms with E-state index in [1.165, 1.54) is 17.0 Å². The molecule has 0 aromatic heterocycles. The van der Waals surface area contributed by atoms with Gasteiger partial charge in [0.1, 0.15) is 5.82 Å². The van der Waals surface area contributed by atoms with Crippen LogP contribution < -0.4 is 16.0 Å². The lowest BCUT2D eigenvalue weighted by Crippen LogP contribution is -2.44. The summed E-state index contributed by atoms with van der Waals surface area (Å²) in [6.07, 6.45) is -0.0883. The minimum Gasteiger partial charge on any atom is -0.385 e. The third kappa shape index (κ3) is 5.09. The van der Waals surface area contributed by atoms with Gasteiger partial charge in [0.25, 0.3) is 5.91 Å². The molecule has 0 saturated carbocycles. The number of nitrogens with zero attached hydrogens (tertiary/aromatic N) is 1. The number of carbonyl (C=O) groups is 3. The first-order chi connectivity index (χ1) is 16.0. The molecule has 2 aliphatic rings. The smallest absolute Gasteiger partial charge is 0.253 e. The monoisotopic (exact) mass is 474 g/mol. The Balaban J connectivity index is 1.64. The molecule has 1 aromatic rings. The molecular formula is C25H35FN4O4. The van der Waals surface area contributed by atoms with E-state index in [1.54, 1.807) is 27.1 Å². The number of nitrogens with one attached hydrogen (secondary N) is 3. The highest BCUT2D eigenvalue weighted by molar-refractivity contribution is 6.06. The van der Waals surface area contributed by atoms with Crippen molar-refractivity contribution in [2.75, 3.05) is 32.6 Å². The second-order valence-corrected chi connectivity index (χ2v) is 9.53. The Morgan fingerprint density at radius 1 is 1.32 bits per heavy atom. The van der Waals surface area contributed by atoms with Crippen molar-refractivity contribution in [2.45, 2.75) is 58.1 Å². The molecule has 0 saturated heterocycles. The number of carbonyl (C=O) groups excluding carboxylic acids is 3. The van der Waals surface area contributed by atoms with Gasteiger partial charge >= 0.3 is 0 Å². The number of allylic oxidation sites excluding steroid dienone is 1. The lowest BCUT2D eigenvalue weighted by molar-refractivity contribution is -0.141. The van der Waals surface area contributed by atoms with Gasteiger partial charge in [0, 0.05) is 44.5 Å². The average molecular weight is 475 g/mol. The van der Waals surface area contributed by atoms with Crippen molar-refractivity contribution < 1.29 is 23.5 Å². The van der Waals surface area contributed by atoms with Gasteiger partial charge in [-0.05, 0) is 62.4 Å². The van der Waals surface area contributed by atoms with E-state index in [-0.39, 0.29) is 48.5 Å². The van der Waals surface area contributed by atoms with E-state index in [0.29, 0.717) is 24.3 Å². The molecule has 0 bridgehead atoms. The van der Waals surface area contributed by atoms with Gasteiger partial charge in [0.15, 0.2) is 6.10 Å². The summed E-state index contributed by atoms with van der Waals surface area (Å²) < 4.78 is 19.4. The van der Waals surface area contributed by atoms with Crippen LogP contribution in [0.5, 0.6) is 0 Å². The lowest BCUT2D eigenvalue weighted by atomic mass is 9.75. The van der Waals surface area contributed by atoms with Gasteiger partial charge in [-0.15, -0.1) is 0 Å². The van der Waals surface area contributed by atoms with E-state index in [4.69, 9.17) is 4.74 Å². The van der Waals surface area contributed by atoms with E-state index in [1.807, 2.05) is 20.8 Å². The maximum atomic E-state index is 13.9. The Morgan fingerprint density at radius 3 is 2.68 bits per heavy atom. The first kappa shape index (κ1) is 25.7. The molecule has 3 rings (SSSR count). The Bertz CT molecular complexity index is 1010. The summed E-state index contributed by atoms with van der Waals surface area (Å²) in [5.41, 5.74) is 2.28. The molecule has 4 unspecified atom stereocenters. The fourth-order valence-electron chi connectivity index (χ4n) is 4.86. The summed E-state index contributed by atoms with van der Waals surface area (Å²) in [6, 6.07) is 4.27. The predicted molar refractivity (Wildman–Crippen MR) is 128 cm³/mol. The van der Waals surface area contributed by atoms with Crippen molar-refractivity contribution in [1.29, 1.82) is 0 Å². The highest BCUT2D eigenvalue weighted by atomic mass is 19.1. The van der Waals surface area contributed by atoms with Crippen LogP contribution in [0.1, 0.15) is 46.1 Å². The molecule has 34 heavy (non-hydrogen) atoms. The van der Waals surface area contributed by atoms with Gasteiger partial charge in [-0.3, -0.25) is 14.4 Å². The normalized spacial score (nSPS) is 24.4. The third-order valence-corrected chi connectivity index (χ3v) is 6.91. The number of hydrogen-bond acceptors (Lipinski definition) is 5. The van der Waals surface area contributed by atoms with Crippen LogP contribution in [0.15, 0.2) is 29.5 Å². The molecule has 2 heterocycles. The van der Waals surface area contributed by atoms with Crippen LogP contribution >= 0.6 is 0 Å². The van der Waals surface area contributed by atoms with E-state index in [9.17, 15) is 18.8 Å². The largest absolute Gasteiger partial charge is 0.385 e. The second kappa shape index (κ2) is 10.1. The standard InChI is InChI=1S/C25H35FN4O4/c1-7-34-21(23(32)30(5)6)13-27-22(31)11-17-14(2)20(28-15(17)3)12-25(4)18-10-16(26)8-9-19(18)29-24(25)33/h8-10,14,20-21,28H,7,11-13H2,1-6H3,(H,27,31)(H,29,33). The van der Waals surface area contributed by atoms with E-state index < -0.39 is 11.5 Å². The first-order valence-electron chi connectivity index (χ1n) is 11.6. The number of amides is 3. The molecule has 0 aliphatic carbocycles. The van der Waals surface area contributed by atoms with Gasteiger partial charge in [0.2, 0.25) is 11.8 Å². The molecular weight excluding hydrogens is 439 g/mol. The summed E-state index contributed by atoms with van der Waals surface area (Å²) in [5.74, 6) is -0.929. The summed E-state index contributed by atoms with van der Waals surface area (Å²) in [7, 11) is 3.29. The number of rotatable bonds is 9. The lowest BCUT2D eigenvalue weighted by Gasteiger charge is -2.29. The molecule has 3 amide bonds. The minimum absolute atomic E-state index is 0.000852. The average Bonchev–Trinajstić information content (AvgIpc) is 3.17. The first-order valence-corrected chi connectivity index (χ1v) is 11.6. The summed E-state index contributed by atoms with van der Waals surface area (Å²) in [4.78, 5) is 39.2. The quantitative estimate of drug-likeness (QED) is 0.510. The van der Waals surface area contributed by atoms with Crippen LogP contribution in [0.25, 0.3) is 0 Å². The number of hydrogen-bond donors (Lipinski definition) is 3. The molecule has 186 valence electrons. The van der Waals surface area contributed by atoms with Gasteiger partial charge in [0.05, 0.1) is 12.0 Å². The number of fused-ring (bicyclic) bond motifs is 1. The van der Waals surface area contributed by atoms with Crippen LogP contribution in [0.3, 0.4) is 0 Å². The van der Waals surface area contributed by atoms with Crippen molar-refractivity contribution in [3.63, 3.8) is 0 Å². The van der Waals surface area contributed by atoms with E-state index >= 15 is 0 Å². The zero-order valence-corrected chi connectivity index (χ0v) is 20.8. The van der Waals surface area contributed by atoms with Gasteiger partial charge in [-0.2, -0.15) is 0 Å². The number of likely N-dealkylation sites (N-methyl/N-ethyl adjacent to an activating group) is 1. The number of ether oxygens (including phenoxy) is 1. The molecule has 4 atom stereocenters. The van der Waals surface area contributed by atoms with Crippen LogP contribution in [0.2, 0.25) is 0 Å². The van der Waals surface area contributed by atoms with Crippen molar-refractivity contribution in [3.05, 3.63) is 40.8 Å². The van der Waals surface area contributed by atoms with Crippen LogP contribution in [0.4, 0.5) is 10.1 Å². The van der Waals surface area contributed by atoms with E-state index in [2.05, 4.69) is 16.0 Å². The zero-order chi connectivity index (χ0) is 25.2. The number of anilines is 1. The molecule has 3 N–H and O–H groups in total. The summed E-state index contributed by atoms with van der Waals surface area (Å²) in [6.45, 7) is 8.04. The Kier molecular flexibility index (Phi) is 7.65. The molecule has 0 fully saturated rings. The Morgan fingerprint density at radius 2 is 2.03 bits per heavy atom. The summed E-state index contributed by atoms with van der Waals surface area (Å²) >= 11 is 0. The Labute approximate surface area is 200 Å². The van der Waals surface area contributed by atoms with Crippen LogP contribution in [-0.4, -0.2) is 62.0 Å². The zero-order valence-electron chi connectivity index (χ0n) is 20.8. The number of benzene rings is 1. The van der Waals surface area contributed by atoms with Crippen molar-refractivity contribution in [1.82, 2.24) is 15.5 Å². The highest BCUT2D eigenvalue weighted by Crippen LogP contribution is 2.44. The van der Waals surface area contributed by atoms with Crippen LogP contribution in [-0.2, 0) is 24.5 Å². The Hall–Kier alpha value is -2.94. The second-order valence-electron chi connectivity index (χ2n) is 9.53.